The zero-order valence-corrected chi connectivity index (χ0v) is 15.7. The molecule has 2 aromatic rings. The van der Waals surface area contributed by atoms with Gasteiger partial charge in [0, 0.05) is 12.3 Å². The van der Waals surface area contributed by atoms with Gasteiger partial charge in [0.1, 0.15) is 12.6 Å². The van der Waals surface area contributed by atoms with Gasteiger partial charge in [-0.25, -0.2) is 18.4 Å². The van der Waals surface area contributed by atoms with Crippen LogP contribution in [-0.4, -0.2) is 47.2 Å². The van der Waals surface area contributed by atoms with Gasteiger partial charge in [-0.1, -0.05) is 48.5 Å². The Balaban J connectivity index is 1.55. The van der Waals surface area contributed by atoms with E-state index in [1.165, 1.54) is 0 Å². The summed E-state index contributed by atoms with van der Waals surface area (Å²) >= 11 is 0. The highest BCUT2D eigenvalue weighted by Crippen LogP contribution is 2.44. The molecule has 4 rings (SSSR count). The highest BCUT2D eigenvalue weighted by Gasteiger charge is 2.43. The monoisotopic (exact) mass is 401 g/mol. The fraction of sp³-hybridized carbons (Fsp3) is 0.364. The summed E-state index contributed by atoms with van der Waals surface area (Å²) < 4.78 is 33.4. The van der Waals surface area contributed by atoms with Gasteiger partial charge in [-0.15, -0.1) is 0 Å². The second-order valence-corrected chi connectivity index (χ2v) is 7.53. The average molecular weight is 401 g/mol. The van der Waals surface area contributed by atoms with Crippen LogP contribution in [0.4, 0.5) is 13.6 Å². The third-order valence-electron chi connectivity index (χ3n) is 5.65. The van der Waals surface area contributed by atoms with Crippen molar-refractivity contribution in [2.24, 2.45) is 0 Å². The molecule has 29 heavy (non-hydrogen) atoms. The molecule has 5 nitrogen and oxygen atoms in total. The Morgan fingerprint density at radius 2 is 1.66 bits per heavy atom. The summed E-state index contributed by atoms with van der Waals surface area (Å²) in [5.41, 5.74) is 4.10. The number of likely N-dealkylation sites (tertiary alicyclic amines) is 1. The summed E-state index contributed by atoms with van der Waals surface area (Å²) in [6.07, 6.45) is -1.43. The lowest BCUT2D eigenvalue weighted by Gasteiger charge is -2.28. The summed E-state index contributed by atoms with van der Waals surface area (Å²) in [5, 5.41) is 9.40. The van der Waals surface area contributed by atoms with E-state index < -0.39 is 37.0 Å². The first-order chi connectivity index (χ1) is 13.9. The Bertz CT molecular complexity index is 900. The fourth-order valence-electron chi connectivity index (χ4n) is 4.27. The first-order valence-electron chi connectivity index (χ1n) is 9.59. The van der Waals surface area contributed by atoms with Gasteiger partial charge in [0.2, 0.25) is 0 Å². The molecule has 1 atom stereocenters. The van der Waals surface area contributed by atoms with E-state index in [4.69, 9.17) is 4.74 Å². The second kappa shape index (κ2) is 7.46. The molecule has 0 radical (unpaired) electrons. The van der Waals surface area contributed by atoms with E-state index in [-0.39, 0.29) is 25.4 Å². The summed E-state index contributed by atoms with van der Waals surface area (Å²) in [7, 11) is 0. The largest absolute Gasteiger partial charge is 0.480 e. The standard InChI is InChI=1S/C22H21F2NO4/c23-22(24)11-5-10-19(20(26)27)25(13-22)21(28)29-12-18-16-8-3-1-6-14(16)15-7-2-4-9-17(15)18/h1-4,6-9,18-19H,5,10-13H2,(H,26,27). The Morgan fingerprint density at radius 1 is 1.07 bits per heavy atom. The van der Waals surface area contributed by atoms with Crippen molar-refractivity contribution >= 4 is 12.1 Å². The molecular formula is C22H21F2NO4. The molecule has 1 fully saturated rings. The van der Waals surface area contributed by atoms with Crippen LogP contribution in [0.1, 0.15) is 36.3 Å². The number of carbonyl (C=O) groups is 2. The van der Waals surface area contributed by atoms with E-state index in [9.17, 15) is 23.5 Å². The topological polar surface area (TPSA) is 66.8 Å². The van der Waals surface area contributed by atoms with Crippen LogP contribution in [0.25, 0.3) is 11.1 Å². The van der Waals surface area contributed by atoms with Gasteiger partial charge in [-0.2, -0.15) is 0 Å². The number of ether oxygens (including phenoxy) is 1. The number of fused-ring (bicyclic) bond motifs is 3. The Kier molecular flexibility index (Phi) is 4.98. The minimum Gasteiger partial charge on any atom is -0.480 e. The Hall–Kier alpha value is -2.96. The van der Waals surface area contributed by atoms with E-state index in [1.807, 2.05) is 48.5 Å². The van der Waals surface area contributed by atoms with E-state index in [2.05, 4.69) is 0 Å². The molecule has 0 spiro atoms. The van der Waals surface area contributed by atoms with E-state index >= 15 is 0 Å². The maximum Gasteiger partial charge on any atom is 0.410 e. The number of aliphatic carboxylic acids is 1. The van der Waals surface area contributed by atoms with Crippen LogP contribution >= 0.6 is 0 Å². The van der Waals surface area contributed by atoms with Crippen LogP contribution in [0.5, 0.6) is 0 Å². The van der Waals surface area contributed by atoms with Crippen molar-refractivity contribution in [3.05, 3.63) is 59.7 Å². The molecule has 0 bridgehead atoms. The fourth-order valence-corrected chi connectivity index (χ4v) is 4.27. The summed E-state index contributed by atoms with van der Waals surface area (Å²) in [4.78, 5) is 24.8. The molecule has 2 aromatic carbocycles. The van der Waals surface area contributed by atoms with Gasteiger partial charge in [0.15, 0.2) is 0 Å². The van der Waals surface area contributed by atoms with Crippen LogP contribution in [0.2, 0.25) is 0 Å². The molecule has 1 saturated heterocycles. The molecule has 152 valence electrons. The van der Waals surface area contributed by atoms with Crippen molar-refractivity contribution in [3.63, 3.8) is 0 Å². The molecule has 1 amide bonds. The van der Waals surface area contributed by atoms with Gasteiger partial charge in [0.05, 0.1) is 6.54 Å². The van der Waals surface area contributed by atoms with Gasteiger partial charge >= 0.3 is 12.1 Å². The first-order valence-corrected chi connectivity index (χ1v) is 9.59. The predicted molar refractivity (Wildman–Crippen MR) is 102 cm³/mol. The maximum atomic E-state index is 14.0. The van der Waals surface area contributed by atoms with Crippen molar-refractivity contribution in [2.45, 2.75) is 37.1 Å². The minimum atomic E-state index is -3.13. The van der Waals surface area contributed by atoms with Gasteiger partial charge in [-0.3, -0.25) is 4.90 Å². The van der Waals surface area contributed by atoms with Crippen molar-refractivity contribution < 1.29 is 28.2 Å². The summed E-state index contributed by atoms with van der Waals surface area (Å²) in [6.45, 7) is -0.984. The van der Waals surface area contributed by atoms with Gasteiger partial charge in [0.25, 0.3) is 5.92 Å². The van der Waals surface area contributed by atoms with Crippen molar-refractivity contribution in [2.75, 3.05) is 13.2 Å². The smallest absolute Gasteiger partial charge is 0.410 e. The number of amides is 1. The molecule has 1 heterocycles. The molecule has 1 unspecified atom stereocenters. The minimum absolute atomic E-state index is 0.0187. The highest BCUT2D eigenvalue weighted by atomic mass is 19.3. The summed E-state index contributed by atoms with van der Waals surface area (Å²) in [5.74, 6) is -4.64. The SMILES string of the molecule is O=C(O)C1CCCC(F)(F)CN1C(=O)OCC1c2ccccc2-c2ccccc21. The van der Waals surface area contributed by atoms with Crippen LogP contribution in [-0.2, 0) is 9.53 Å². The number of nitrogens with zero attached hydrogens (tertiary/aromatic N) is 1. The number of carbonyl (C=O) groups excluding carboxylic acids is 1. The number of hydrogen-bond acceptors (Lipinski definition) is 3. The summed E-state index contributed by atoms with van der Waals surface area (Å²) in [6, 6.07) is 14.2. The number of halogens is 2. The lowest BCUT2D eigenvalue weighted by atomic mass is 9.98. The normalized spacial score (nSPS) is 20.5. The maximum absolute atomic E-state index is 14.0. The molecule has 1 aliphatic heterocycles. The van der Waals surface area contributed by atoms with Crippen LogP contribution in [0.3, 0.4) is 0 Å². The Labute approximate surface area is 166 Å². The van der Waals surface area contributed by atoms with E-state index in [1.54, 1.807) is 0 Å². The predicted octanol–water partition coefficient (Wildman–Crippen LogP) is 4.51. The van der Waals surface area contributed by atoms with Crippen LogP contribution in [0, 0.1) is 0 Å². The molecule has 2 aliphatic rings. The van der Waals surface area contributed by atoms with Gasteiger partial charge in [-0.05, 0) is 35.1 Å². The highest BCUT2D eigenvalue weighted by molar-refractivity contribution is 5.81. The zero-order chi connectivity index (χ0) is 20.6. The quantitative estimate of drug-likeness (QED) is 0.822. The molecule has 1 N–H and O–H groups in total. The molecule has 0 saturated carbocycles. The lowest BCUT2D eigenvalue weighted by Crippen LogP contribution is -2.48. The zero-order valence-electron chi connectivity index (χ0n) is 15.7. The van der Waals surface area contributed by atoms with Crippen molar-refractivity contribution in [1.29, 1.82) is 0 Å². The second-order valence-electron chi connectivity index (χ2n) is 7.53. The molecular weight excluding hydrogens is 380 g/mol. The third-order valence-corrected chi connectivity index (χ3v) is 5.65. The third kappa shape index (κ3) is 3.69. The van der Waals surface area contributed by atoms with Crippen LogP contribution in [0.15, 0.2) is 48.5 Å². The number of benzene rings is 2. The van der Waals surface area contributed by atoms with E-state index in [0.29, 0.717) is 4.90 Å². The number of carboxylic acids is 1. The molecule has 1 aliphatic carbocycles. The first kappa shape index (κ1) is 19.4. The van der Waals surface area contributed by atoms with Gasteiger partial charge < -0.3 is 9.84 Å². The number of carboxylic acid groups (broad SMARTS) is 1. The van der Waals surface area contributed by atoms with E-state index in [0.717, 1.165) is 22.3 Å². The number of alkyl halides is 2. The molecule has 0 aromatic heterocycles. The lowest BCUT2D eigenvalue weighted by molar-refractivity contribution is -0.143. The average Bonchev–Trinajstić information content (AvgIpc) is 2.91. The number of hydrogen-bond donors (Lipinski definition) is 1. The van der Waals surface area contributed by atoms with Crippen LogP contribution < -0.4 is 0 Å². The molecule has 7 heteroatoms. The van der Waals surface area contributed by atoms with Crippen molar-refractivity contribution in [3.8, 4) is 11.1 Å². The Morgan fingerprint density at radius 3 is 2.24 bits per heavy atom. The number of rotatable bonds is 3. The van der Waals surface area contributed by atoms with Crippen molar-refractivity contribution in [1.82, 2.24) is 4.90 Å².